The van der Waals surface area contributed by atoms with Crippen LogP contribution < -0.4 is 10.5 Å². The summed E-state index contributed by atoms with van der Waals surface area (Å²) in [6.07, 6.45) is 0. The molecule has 0 unspecified atom stereocenters. The Morgan fingerprint density at radius 1 is 0.933 bits per heavy atom. The molecule has 5 nitrogen and oxygen atoms in total. The van der Waals surface area contributed by atoms with Crippen LogP contribution in [0.3, 0.4) is 0 Å². The van der Waals surface area contributed by atoms with Crippen LogP contribution in [0.4, 0.5) is 5.69 Å². The van der Waals surface area contributed by atoms with E-state index in [4.69, 9.17) is 0 Å². The highest BCUT2D eigenvalue weighted by atomic mass is 16.2. The average Bonchev–Trinajstić information content (AvgIpc) is 2.75. The number of fused-ring (bicyclic) bond motifs is 1. The summed E-state index contributed by atoms with van der Waals surface area (Å²) < 4.78 is 1.24. The van der Waals surface area contributed by atoms with Crippen molar-refractivity contribution in [2.45, 2.75) is 20.4 Å². The first kappa shape index (κ1) is 19.6. The molecule has 30 heavy (non-hydrogen) atoms. The summed E-state index contributed by atoms with van der Waals surface area (Å²) in [6, 6.07) is 25.1. The number of amides is 1. The fourth-order valence-electron chi connectivity index (χ4n) is 3.58. The second-order valence-electron chi connectivity index (χ2n) is 7.25. The number of hydrogen-bond donors (Lipinski definition) is 0. The number of aromatic nitrogens is 2. The number of rotatable bonds is 5. The Bertz CT molecular complexity index is 1280. The van der Waals surface area contributed by atoms with Gasteiger partial charge in [0.05, 0.1) is 5.69 Å². The summed E-state index contributed by atoms with van der Waals surface area (Å²) in [5, 5.41) is 6.71. The Morgan fingerprint density at radius 3 is 2.50 bits per heavy atom. The molecule has 1 aromatic heterocycles. The van der Waals surface area contributed by atoms with E-state index in [1.54, 1.807) is 11.0 Å². The zero-order chi connectivity index (χ0) is 21.1. The maximum atomic E-state index is 13.0. The van der Waals surface area contributed by atoms with Crippen molar-refractivity contribution < 1.29 is 4.79 Å². The van der Waals surface area contributed by atoms with Gasteiger partial charge in [0.1, 0.15) is 6.54 Å². The predicted molar refractivity (Wildman–Crippen MR) is 121 cm³/mol. The Hall–Kier alpha value is -3.73. The summed E-state index contributed by atoms with van der Waals surface area (Å²) >= 11 is 0. The van der Waals surface area contributed by atoms with Crippen molar-refractivity contribution in [2.24, 2.45) is 0 Å². The summed E-state index contributed by atoms with van der Waals surface area (Å²) in [6.45, 7) is 4.31. The van der Waals surface area contributed by atoms with Crippen LogP contribution in [0.2, 0.25) is 0 Å². The predicted octanol–water partition coefficient (Wildman–Crippen LogP) is 4.43. The highest BCUT2D eigenvalue weighted by Gasteiger charge is 2.16. The monoisotopic (exact) mass is 397 g/mol. The van der Waals surface area contributed by atoms with Gasteiger partial charge >= 0.3 is 0 Å². The number of benzene rings is 3. The highest BCUT2D eigenvalue weighted by Crippen LogP contribution is 2.22. The molecule has 5 heteroatoms. The fraction of sp³-hybridized carbons (Fsp3) is 0.160. The Morgan fingerprint density at radius 2 is 1.73 bits per heavy atom. The van der Waals surface area contributed by atoms with E-state index >= 15 is 0 Å². The molecule has 0 saturated heterocycles. The normalized spacial score (nSPS) is 10.9. The van der Waals surface area contributed by atoms with E-state index < -0.39 is 0 Å². The van der Waals surface area contributed by atoms with E-state index in [0.29, 0.717) is 12.2 Å². The minimum atomic E-state index is -0.298. The molecule has 4 rings (SSSR count). The first-order chi connectivity index (χ1) is 14.5. The van der Waals surface area contributed by atoms with Gasteiger partial charge < -0.3 is 4.90 Å². The molecule has 0 aliphatic carbocycles. The highest BCUT2D eigenvalue weighted by molar-refractivity contribution is 5.93. The molecule has 4 aromatic rings. The Kier molecular flexibility index (Phi) is 5.44. The molecule has 0 radical (unpaired) electrons. The average molecular weight is 397 g/mol. The minimum absolute atomic E-state index is 0.109. The van der Waals surface area contributed by atoms with Crippen LogP contribution in [0.25, 0.3) is 22.0 Å². The van der Waals surface area contributed by atoms with Gasteiger partial charge in [-0.25, -0.2) is 4.68 Å². The van der Waals surface area contributed by atoms with Crippen LogP contribution in [0, 0.1) is 6.92 Å². The molecule has 150 valence electrons. The van der Waals surface area contributed by atoms with Crippen LogP contribution in [0.1, 0.15) is 12.5 Å². The van der Waals surface area contributed by atoms with Gasteiger partial charge in [0.15, 0.2) is 0 Å². The topological polar surface area (TPSA) is 55.2 Å². The first-order valence-electron chi connectivity index (χ1n) is 9.99. The number of anilines is 1. The molecule has 0 saturated carbocycles. The summed E-state index contributed by atoms with van der Waals surface area (Å²) in [5.74, 6) is -0.173. The van der Waals surface area contributed by atoms with Gasteiger partial charge in [-0.2, -0.15) is 5.10 Å². The molecular weight excluding hydrogens is 374 g/mol. The van der Waals surface area contributed by atoms with Gasteiger partial charge in [-0.3, -0.25) is 9.59 Å². The lowest BCUT2D eigenvalue weighted by molar-refractivity contribution is -0.119. The summed E-state index contributed by atoms with van der Waals surface area (Å²) in [4.78, 5) is 27.0. The number of hydrogen-bond acceptors (Lipinski definition) is 3. The van der Waals surface area contributed by atoms with Gasteiger partial charge in [0.2, 0.25) is 5.91 Å². The van der Waals surface area contributed by atoms with Gasteiger partial charge in [-0.15, -0.1) is 0 Å². The summed E-state index contributed by atoms with van der Waals surface area (Å²) in [5.41, 5.74) is 3.16. The van der Waals surface area contributed by atoms with E-state index in [9.17, 15) is 9.59 Å². The lowest BCUT2D eigenvalue weighted by atomic mass is 10.1. The molecule has 0 bridgehead atoms. The van der Waals surface area contributed by atoms with Crippen molar-refractivity contribution in [3.8, 4) is 11.3 Å². The molecular formula is C25H23N3O2. The van der Waals surface area contributed by atoms with Crippen molar-refractivity contribution >= 4 is 22.4 Å². The van der Waals surface area contributed by atoms with Gasteiger partial charge in [0, 0.05) is 23.9 Å². The van der Waals surface area contributed by atoms with Crippen molar-refractivity contribution in [1.29, 1.82) is 0 Å². The van der Waals surface area contributed by atoms with Crippen molar-refractivity contribution in [1.82, 2.24) is 9.78 Å². The van der Waals surface area contributed by atoms with E-state index in [2.05, 4.69) is 11.2 Å². The largest absolute Gasteiger partial charge is 0.311 e. The van der Waals surface area contributed by atoms with Crippen LogP contribution in [0.5, 0.6) is 0 Å². The summed E-state index contributed by atoms with van der Waals surface area (Å²) in [7, 11) is 0. The molecule has 1 heterocycles. The molecule has 3 aromatic carbocycles. The molecule has 0 fully saturated rings. The number of carbonyl (C=O) groups is 1. The third-order valence-electron chi connectivity index (χ3n) is 5.13. The quantitative estimate of drug-likeness (QED) is 0.501. The second-order valence-corrected chi connectivity index (χ2v) is 7.25. The lowest BCUT2D eigenvalue weighted by Gasteiger charge is -2.21. The number of nitrogens with zero attached hydrogens (tertiary/aromatic N) is 3. The van der Waals surface area contributed by atoms with E-state index in [0.717, 1.165) is 27.6 Å². The molecule has 0 aliphatic heterocycles. The van der Waals surface area contributed by atoms with Crippen LogP contribution in [0.15, 0.2) is 83.7 Å². The van der Waals surface area contributed by atoms with E-state index in [1.165, 1.54) is 10.7 Å². The SMILES string of the molecule is CCN(C(=O)Cn1nc(-c2ccc3ccccc3c2)ccc1=O)c1cccc(C)c1. The maximum absolute atomic E-state index is 13.0. The molecule has 1 amide bonds. The molecule has 0 N–H and O–H groups in total. The third-order valence-corrected chi connectivity index (χ3v) is 5.13. The van der Waals surface area contributed by atoms with Crippen molar-refractivity contribution in [3.05, 3.63) is 94.8 Å². The zero-order valence-corrected chi connectivity index (χ0v) is 17.1. The van der Waals surface area contributed by atoms with Gasteiger partial charge in [-0.1, -0.05) is 48.5 Å². The van der Waals surface area contributed by atoms with Crippen LogP contribution in [-0.4, -0.2) is 22.2 Å². The van der Waals surface area contributed by atoms with Gasteiger partial charge in [0.25, 0.3) is 5.56 Å². The van der Waals surface area contributed by atoms with E-state index in [-0.39, 0.29) is 18.0 Å². The zero-order valence-electron chi connectivity index (χ0n) is 17.1. The fourth-order valence-corrected chi connectivity index (χ4v) is 3.58. The van der Waals surface area contributed by atoms with Gasteiger partial charge in [-0.05, 0) is 54.4 Å². The van der Waals surface area contributed by atoms with Crippen LogP contribution in [-0.2, 0) is 11.3 Å². The number of carbonyl (C=O) groups excluding carboxylic acids is 1. The van der Waals surface area contributed by atoms with Crippen molar-refractivity contribution in [2.75, 3.05) is 11.4 Å². The lowest BCUT2D eigenvalue weighted by Crippen LogP contribution is -2.37. The maximum Gasteiger partial charge on any atom is 0.267 e. The van der Waals surface area contributed by atoms with Crippen LogP contribution >= 0.6 is 0 Å². The second kappa shape index (κ2) is 8.33. The van der Waals surface area contributed by atoms with E-state index in [1.807, 2.05) is 74.5 Å². The molecule has 0 spiro atoms. The standard InChI is InChI=1S/C25H23N3O2/c1-3-27(22-10-6-7-18(2)15-22)25(30)17-28-24(29)14-13-23(26-28)21-12-11-19-8-4-5-9-20(19)16-21/h4-16H,3,17H2,1-2H3. The minimum Gasteiger partial charge on any atom is -0.311 e. The number of likely N-dealkylation sites (N-methyl/N-ethyl adjacent to an activating group) is 1. The number of aryl methyl sites for hydroxylation is 1. The first-order valence-corrected chi connectivity index (χ1v) is 9.99. The Balaban J connectivity index is 1.64. The molecule has 0 atom stereocenters. The van der Waals surface area contributed by atoms with Crippen molar-refractivity contribution in [3.63, 3.8) is 0 Å². The third kappa shape index (κ3) is 4.01. The Labute approximate surface area is 175 Å². The molecule has 0 aliphatic rings. The smallest absolute Gasteiger partial charge is 0.267 e.